The van der Waals surface area contributed by atoms with Gasteiger partial charge in [-0.05, 0) is 107 Å². The van der Waals surface area contributed by atoms with Crippen LogP contribution < -0.4 is 0 Å². The third-order valence-corrected chi connectivity index (χ3v) is 16.5. The Labute approximate surface area is 340 Å². The summed E-state index contributed by atoms with van der Waals surface area (Å²) in [5.41, 5.74) is -3.89. The second kappa shape index (κ2) is 14.8. The van der Waals surface area contributed by atoms with Gasteiger partial charge in [0.25, 0.3) is 0 Å². The fraction of sp³-hybridized carbons (Fsp3) is 0.878. The quantitative estimate of drug-likeness (QED) is 0.0761. The number of fused-ring (bicyclic) bond motifs is 4. The van der Waals surface area contributed by atoms with Crippen molar-refractivity contribution in [3.05, 3.63) is 23.3 Å². The number of allylic oxidation sites excluding steroid dienone is 3. The first-order chi connectivity index (χ1) is 26.8. The van der Waals surface area contributed by atoms with Crippen LogP contribution in [0.5, 0.6) is 0 Å². The molecule has 3 aliphatic heterocycles. The van der Waals surface area contributed by atoms with Gasteiger partial charge in [-0.25, -0.2) is 4.18 Å². The summed E-state index contributed by atoms with van der Waals surface area (Å²) in [5, 5.41) is 67.8. The number of cyclic esters (lactones) is 1. The predicted molar refractivity (Wildman–Crippen MR) is 204 cm³/mol. The number of hydrogen-bond donors (Lipinski definition) is 7. The van der Waals surface area contributed by atoms with Crippen LogP contribution in [0.25, 0.3) is 0 Å². The molecule has 7 aliphatic rings. The van der Waals surface area contributed by atoms with Crippen molar-refractivity contribution in [3.8, 4) is 0 Å². The van der Waals surface area contributed by atoms with Crippen molar-refractivity contribution in [1.29, 1.82) is 0 Å². The predicted octanol–water partition coefficient (Wildman–Crippen LogP) is 2.22. The minimum Gasteiger partial charge on any atom is -0.456 e. The third kappa shape index (κ3) is 6.43. The number of aliphatic hydroxyl groups is 6. The molecule has 330 valence electrons. The lowest BCUT2D eigenvalue weighted by molar-refractivity contribution is -0.362. The maximum absolute atomic E-state index is 14.3. The van der Waals surface area contributed by atoms with Gasteiger partial charge in [0.1, 0.15) is 53.2 Å². The molecule has 58 heavy (non-hydrogen) atoms. The number of hydrogen-bond acceptors (Lipinski definition) is 15. The van der Waals surface area contributed by atoms with Crippen LogP contribution in [0, 0.1) is 33.5 Å². The van der Waals surface area contributed by atoms with Crippen LogP contribution in [0.1, 0.15) is 107 Å². The molecule has 0 bridgehead atoms. The summed E-state index contributed by atoms with van der Waals surface area (Å²) in [6, 6.07) is 0. The molecule has 0 aromatic heterocycles. The molecule has 17 heteroatoms. The fourth-order valence-corrected chi connectivity index (χ4v) is 13.4. The lowest BCUT2D eigenvalue weighted by Crippen LogP contribution is -2.68. The largest absolute Gasteiger partial charge is 0.456 e. The summed E-state index contributed by atoms with van der Waals surface area (Å²) in [4.78, 5) is 14.3. The number of ether oxygens (including phenoxy) is 5. The number of esters is 1. The summed E-state index contributed by atoms with van der Waals surface area (Å²) in [7, 11) is -5.04. The first-order valence-electron chi connectivity index (χ1n) is 20.7. The Morgan fingerprint density at radius 1 is 0.914 bits per heavy atom. The standard InChI is InChI=1S/C41H64O16S/c1-20(2)10-9-14-39(8)40(48)17-16-38(7)22-11-12-25-36(4,5)27(13-15-37(25,6)23(22)18-26(42)41(38,40)35(47)56-39)54-34-32(29(44)24(19-52-34)57-58(49,50)51)55-33-31(46)30(45)28(43)21(3)53-33/h10,18,21-22,24-34,42-46,48H,9,11-17,19H2,1-8H3,(H,49,50,51)/t21-,22-,24-,25+,26+,27+,28-,29+,30+,31-,32-,33+,34+,37-,38+,39+,40+,41-/m1/s1. The zero-order chi connectivity index (χ0) is 42.8. The molecule has 0 unspecified atom stereocenters. The smallest absolute Gasteiger partial charge is 0.397 e. The van der Waals surface area contributed by atoms with Gasteiger partial charge in [-0.3, -0.25) is 9.35 Å². The van der Waals surface area contributed by atoms with E-state index in [-0.39, 0.29) is 11.8 Å². The molecule has 6 fully saturated rings. The van der Waals surface area contributed by atoms with Gasteiger partial charge >= 0.3 is 16.4 Å². The Bertz CT molecular complexity index is 1780. The van der Waals surface area contributed by atoms with Crippen molar-refractivity contribution in [2.45, 2.75) is 185 Å². The first kappa shape index (κ1) is 44.5. The Morgan fingerprint density at radius 3 is 2.26 bits per heavy atom. The molecule has 7 N–H and O–H groups in total. The summed E-state index contributed by atoms with van der Waals surface area (Å²) in [5.74, 6) is -0.662. The highest BCUT2D eigenvalue weighted by atomic mass is 32.3. The second-order valence-electron chi connectivity index (χ2n) is 19.7. The Morgan fingerprint density at radius 2 is 1.60 bits per heavy atom. The normalized spacial score (nSPS) is 51.1. The van der Waals surface area contributed by atoms with Gasteiger partial charge in [0.15, 0.2) is 12.6 Å². The Balaban J connectivity index is 1.16. The van der Waals surface area contributed by atoms with E-state index in [0.29, 0.717) is 44.9 Å². The van der Waals surface area contributed by atoms with Crippen molar-refractivity contribution in [2.75, 3.05) is 6.61 Å². The number of carbonyl (C=O) groups is 1. The molecule has 3 heterocycles. The van der Waals surface area contributed by atoms with E-state index >= 15 is 0 Å². The van der Waals surface area contributed by atoms with Gasteiger partial charge in [-0.15, -0.1) is 0 Å². The maximum Gasteiger partial charge on any atom is 0.397 e. The summed E-state index contributed by atoms with van der Waals surface area (Å²) in [6.07, 6.45) is -7.22. The number of rotatable bonds is 9. The molecule has 3 saturated heterocycles. The van der Waals surface area contributed by atoms with Gasteiger partial charge in [0.2, 0.25) is 0 Å². The SMILES string of the molecule is CC(C)=CCC[C@]1(C)OC(=O)[C@]23[C@@H](O)C=C4[C@@H](CC[C@H]5C(C)(C)[C@@H](O[C@@H]6OC[C@@H](OS(=O)(=O)O)[C@H](O)[C@H]6O[C@@H]6O[C@H](C)[C@@H](O)[C@H](O)[C@H]6O)CC[C@]45C)[C@]2(C)CC[C@@]31O. The first-order valence-corrected chi connectivity index (χ1v) is 22.1. The molecular formula is C41H64O16S. The average molecular weight is 845 g/mol. The van der Waals surface area contributed by atoms with Gasteiger partial charge in [-0.1, -0.05) is 51.0 Å². The van der Waals surface area contributed by atoms with Crippen LogP contribution in [0.3, 0.4) is 0 Å². The zero-order valence-corrected chi connectivity index (χ0v) is 35.6. The van der Waals surface area contributed by atoms with Crippen LogP contribution in [0.15, 0.2) is 23.3 Å². The Hall–Kier alpha value is -1.58. The molecule has 4 aliphatic carbocycles. The topological polar surface area (TPSA) is 248 Å². The van der Waals surface area contributed by atoms with E-state index in [1.807, 2.05) is 26.8 Å². The minimum absolute atomic E-state index is 0.0132. The van der Waals surface area contributed by atoms with E-state index in [1.165, 1.54) is 6.92 Å². The van der Waals surface area contributed by atoms with Crippen molar-refractivity contribution in [1.82, 2.24) is 0 Å². The molecule has 16 nitrogen and oxygen atoms in total. The van der Waals surface area contributed by atoms with Gasteiger partial charge in [0, 0.05) is 0 Å². The second-order valence-corrected chi connectivity index (χ2v) is 20.8. The van der Waals surface area contributed by atoms with Crippen LogP contribution >= 0.6 is 0 Å². The highest BCUT2D eigenvalue weighted by Crippen LogP contribution is 2.77. The third-order valence-electron chi connectivity index (χ3n) is 16.1. The van der Waals surface area contributed by atoms with E-state index in [9.17, 15) is 48.4 Å². The molecule has 3 saturated carbocycles. The average Bonchev–Trinajstić information content (AvgIpc) is 3.48. The lowest BCUT2D eigenvalue weighted by Gasteiger charge is -2.64. The Kier molecular flexibility index (Phi) is 11.3. The number of aliphatic hydroxyl groups excluding tert-OH is 5. The van der Waals surface area contributed by atoms with E-state index < -0.39 is 123 Å². The van der Waals surface area contributed by atoms with Crippen LogP contribution in [-0.2, 0) is 43.1 Å². The summed E-state index contributed by atoms with van der Waals surface area (Å²) in [6.45, 7) is 15.2. The van der Waals surface area contributed by atoms with Crippen molar-refractivity contribution in [3.63, 3.8) is 0 Å². The molecule has 7 rings (SSSR count). The van der Waals surface area contributed by atoms with Crippen molar-refractivity contribution >= 4 is 16.4 Å². The van der Waals surface area contributed by atoms with E-state index in [1.54, 1.807) is 0 Å². The van der Waals surface area contributed by atoms with Gasteiger partial charge in [-0.2, -0.15) is 8.42 Å². The van der Waals surface area contributed by atoms with E-state index in [4.69, 9.17) is 23.7 Å². The van der Waals surface area contributed by atoms with Crippen LogP contribution in [-0.4, -0.2) is 135 Å². The van der Waals surface area contributed by atoms with E-state index in [2.05, 4.69) is 38.0 Å². The maximum atomic E-state index is 14.3. The zero-order valence-electron chi connectivity index (χ0n) is 34.7. The monoisotopic (exact) mass is 844 g/mol. The molecule has 0 aromatic rings. The molecular weight excluding hydrogens is 781 g/mol. The highest BCUT2D eigenvalue weighted by molar-refractivity contribution is 7.80. The van der Waals surface area contributed by atoms with Crippen molar-refractivity contribution < 1.29 is 76.3 Å². The minimum atomic E-state index is -5.04. The van der Waals surface area contributed by atoms with E-state index in [0.717, 1.165) is 17.6 Å². The fourth-order valence-electron chi connectivity index (χ4n) is 13.0. The van der Waals surface area contributed by atoms with Crippen LogP contribution in [0.4, 0.5) is 0 Å². The van der Waals surface area contributed by atoms with Gasteiger partial charge in [0.05, 0.1) is 24.9 Å². The highest BCUT2D eigenvalue weighted by Gasteiger charge is 2.85. The molecule has 0 radical (unpaired) electrons. The molecule has 0 amide bonds. The molecule has 1 spiro atoms. The van der Waals surface area contributed by atoms with Crippen LogP contribution in [0.2, 0.25) is 0 Å². The molecule has 18 atom stereocenters. The molecule has 0 aromatic carbocycles. The summed E-state index contributed by atoms with van der Waals surface area (Å²) >= 11 is 0. The summed E-state index contributed by atoms with van der Waals surface area (Å²) < 4.78 is 67.7. The number of carbonyl (C=O) groups excluding carboxylic acids is 1. The van der Waals surface area contributed by atoms with Gasteiger partial charge < -0.3 is 54.3 Å². The van der Waals surface area contributed by atoms with Crippen molar-refractivity contribution in [2.24, 2.45) is 33.5 Å². The lowest BCUT2D eigenvalue weighted by atomic mass is 9.40.